The Bertz CT molecular complexity index is 1520. The van der Waals surface area contributed by atoms with Crippen molar-refractivity contribution in [1.82, 2.24) is 10.3 Å². The summed E-state index contributed by atoms with van der Waals surface area (Å²) in [4.78, 5) is 16.0. The molecular formula is C25H18F4N2O4S. The summed E-state index contributed by atoms with van der Waals surface area (Å²) in [5, 5.41) is 4.51. The summed E-state index contributed by atoms with van der Waals surface area (Å²) in [7, 11) is -4.17. The molecule has 36 heavy (non-hydrogen) atoms. The number of rotatable bonds is 7. The zero-order chi connectivity index (χ0) is 25.9. The van der Waals surface area contributed by atoms with Crippen LogP contribution >= 0.6 is 0 Å². The summed E-state index contributed by atoms with van der Waals surface area (Å²) in [6.45, 7) is -1.64. The lowest BCUT2D eigenvalue weighted by atomic mass is 10.1. The lowest BCUT2D eigenvalue weighted by Crippen LogP contribution is -2.22. The van der Waals surface area contributed by atoms with Crippen molar-refractivity contribution in [2.75, 3.05) is 6.61 Å². The number of ether oxygens (including phenoxy) is 1. The van der Waals surface area contributed by atoms with Gasteiger partial charge in [-0.25, -0.2) is 12.8 Å². The molecule has 0 aliphatic heterocycles. The molecule has 0 aliphatic carbocycles. The fourth-order valence-electron chi connectivity index (χ4n) is 3.35. The summed E-state index contributed by atoms with van der Waals surface area (Å²) < 4.78 is 81.2. The molecule has 0 bridgehead atoms. The lowest BCUT2D eigenvalue weighted by Gasteiger charge is -2.12. The molecule has 0 unspecified atom stereocenters. The number of alkyl halides is 3. The number of benzene rings is 3. The van der Waals surface area contributed by atoms with Crippen LogP contribution in [0.15, 0.2) is 88.9 Å². The van der Waals surface area contributed by atoms with Crippen LogP contribution in [-0.2, 0) is 16.4 Å². The monoisotopic (exact) mass is 518 g/mol. The van der Waals surface area contributed by atoms with E-state index in [9.17, 15) is 30.8 Å². The number of carbonyl (C=O) groups excluding carboxylic acids is 1. The quantitative estimate of drug-likeness (QED) is 0.273. The summed E-state index contributed by atoms with van der Waals surface area (Å²) in [5.74, 6) is -2.26. The third-order valence-electron chi connectivity index (χ3n) is 5.19. The number of fused-ring (bicyclic) bond motifs is 1. The van der Waals surface area contributed by atoms with Gasteiger partial charge in [-0.2, -0.15) is 13.2 Å². The van der Waals surface area contributed by atoms with E-state index in [1.807, 2.05) is 6.07 Å². The van der Waals surface area contributed by atoms with Gasteiger partial charge in [0.15, 0.2) is 18.2 Å². The van der Waals surface area contributed by atoms with Gasteiger partial charge in [-0.15, -0.1) is 0 Å². The Kier molecular flexibility index (Phi) is 6.93. The summed E-state index contributed by atoms with van der Waals surface area (Å²) in [6, 6.07) is 15.0. The highest BCUT2D eigenvalue weighted by Gasteiger charge is 2.29. The van der Waals surface area contributed by atoms with E-state index in [2.05, 4.69) is 15.0 Å². The standard InChI is InChI=1S/C25H18F4N2O4S/c26-22-8-7-21(12-23(22)35-15-25(27,28)29)36(33,34)20-5-1-16(2-6-20)13-31-24(32)18-4-3-17-9-10-30-14-19(17)11-18/h1-12,14H,13,15H2,(H,31,32). The Morgan fingerprint density at radius 2 is 1.64 bits per heavy atom. The van der Waals surface area contributed by atoms with Crippen molar-refractivity contribution in [2.45, 2.75) is 22.5 Å². The third-order valence-corrected chi connectivity index (χ3v) is 6.96. The van der Waals surface area contributed by atoms with E-state index in [0.29, 0.717) is 17.2 Å². The zero-order valence-electron chi connectivity index (χ0n) is 18.4. The van der Waals surface area contributed by atoms with E-state index in [1.165, 1.54) is 24.3 Å². The molecule has 1 aromatic heterocycles. The van der Waals surface area contributed by atoms with E-state index < -0.39 is 39.1 Å². The molecule has 4 rings (SSSR count). The van der Waals surface area contributed by atoms with Crippen LogP contribution < -0.4 is 10.1 Å². The average molecular weight is 518 g/mol. The second-order valence-electron chi connectivity index (χ2n) is 7.76. The smallest absolute Gasteiger partial charge is 0.422 e. The first-order valence-corrected chi connectivity index (χ1v) is 12.0. The zero-order valence-corrected chi connectivity index (χ0v) is 19.2. The van der Waals surface area contributed by atoms with Crippen LogP contribution in [0.3, 0.4) is 0 Å². The number of hydrogen-bond acceptors (Lipinski definition) is 5. The third kappa shape index (κ3) is 5.80. The SMILES string of the molecule is O=C(NCc1ccc(S(=O)(=O)c2ccc(F)c(OCC(F)(F)F)c2)cc1)c1ccc2ccncc2c1. The van der Waals surface area contributed by atoms with Crippen molar-refractivity contribution in [2.24, 2.45) is 0 Å². The Labute approximate surface area is 203 Å². The minimum Gasteiger partial charge on any atom is -0.481 e. The molecule has 0 atom stereocenters. The first-order chi connectivity index (χ1) is 17.0. The highest BCUT2D eigenvalue weighted by Crippen LogP contribution is 2.28. The predicted molar refractivity (Wildman–Crippen MR) is 123 cm³/mol. The largest absolute Gasteiger partial charge is 0.481 e. The number of hydrogen-bond donors (Lipinski definition) is 1. The molecule has 3 aromatic carbocycles. The van der Waals surface area contributed by atoms with Gasteiger partial charge in [-0.1, -0.05) is 18.2 Å². The molecule has 1 N–H and O–H groups in total. The van der Waals surface area contributed by atoms with Gasteiger partial charge in [-0.05, 0) is 53.4 Å². The molecular weight excluding hydrogens is 500 g/mol. The van der Waals surface area contributed by atoms with Crippen molar-refractivity contribution < 1.29 is 35.5 Å². The summed E-state index contributed by atoms with van der Waals surface area (Å²) in [5.41, 5.74) is 1.05. The van der Waals surface area contributed by atoms with Crippen LogP contribution in [0.2, 0.25) is 0 Å². The van der Waals surface area contributed by atoms with Gasteiger partial charge in [0.25, 0.3) is 5.91 Å². The Balaban J connectivity index is 1.45. The second kappa shape index (κ2) is 9.94. The Morgan fingerprint density at radius 1 is 0.917 bits per heavy atom. The molecule has 1 heterocycles. The van der Waals surface area contributed by atoms with Crippen LogP contribution in [0.25, 0.3) is 10.8 Å². The topological polar surface area (TPSA) is 85.4 Å². The fraction of sp³-hybridized carbons (Fsp3) is 0.120. The average Bonchev–Trinajstić information content (AvgIpc) is 2.86. The van der Waals surface area contributed by atoms with Gasteiger partial charge in [-0.3, -0.25) is 9.78 Å². The molecule has 6 nitrogen and oxygen atoms in total. The van der Waals surface area contributed by atoms with E-state index in [-0.39, 0.29) is 17.3 Å². The number of halogens is 4. The molecule has 186 valence electrons. The van der Waals surface area contributed by atoms with E-state index in [0.717, 1.165) is 22.9 Å². The summed E-state index contributed by atoms with van der Waals surface area (Å²) in [6.07, 6.45) is -1.40. The predicted octanol–water partition coefficient (Wildman–Crippen LogP) is 5.08. The van der Waals surface area contributed by atoms with Crippen LogP contribution in [0, 0.1) is 5.82 Å². The number of amides is 1. The highest BCUT2D eigenvalue weighted by atomic mass is 32.2. The van der Waals surface area contributed by atoms with Crippen molar-refractivity contribution in [1.29, 1.82) is 0 Å². The molecule has 0 saturated carbocycles. The first-order valence-electron chi connectivity index (χ1n) is 10.5. The Morgan fingerprint density at radius 3 is 2.36 bits per heavy atom. The molecule has 4 aromatic rings. The van der Waals surface area contributed by atoms with Crippen molar-refractivity contribution >= 4 is 26.5 Å². The minimum atomic E-state index is -4.71. The van der Waals surface area contributed by atoms with E-state index in [4.69, 9.17) is 0 Å². The number of pyridine rings is 1. The number of sulfone groups is 1. The highest BCUT2D eigenvalue weighted by molar-refractivity contribution is 7.91. The molecule has 0 fully saturated rings. The number of nitrogens with zero attached hydrogens (tertiary/aromatic N) is 1. The molecule has 0 radical (unpaired) electrons. The Hall–Kier alpha value is -3.99. The number of aromatic nitrogens is 1. The van der Waals surface area contributed by atoms with Crippen LogP contribution in [0.5, 0.6) is 5.75 Å². The molecule has 0 aliphatic rings. The lowest BCUT2D eigenvalue weighted by molar-refractivity contribution is -0.153. The number of carbonyl (C=O) groups is 1. The normalized spacial score (nSPS) is 11.9. The fourth-order valence-corrected chi connectivity index (χ4v) is 4.63. The van der Waals surface area contributed by atoms with Crippen LogP contribution in [-0.4, -0.2) is 32.1 Å². The maximum atomic E-state index is 13.8. The van der Waals surface area contributed by atoms with Crippen molar-refractivity contribution in [3.63, 3.8) is 0 Å². The van der Waals surface area contributed by atoms with Crippen molar-refractivity contribution in [3.8, 4) is 5.75 Å². The molecule has 0 saturated heterocycles. The van der Waals surface area contributed by atoms with Gasteiger partial charge in [0.05, 0.1) is 9.79 Å². The van der Waals surface area contributed by atoms with Gasteiger partial charge in [0.2, 0.25) is 9.84 Å². The number of nitrogens with one attached hydrogen (secondary N) is 1. The van der Waals surface area contributed by atoms with Gasteiger partial charge in [0, 0.05) is 36.0 Å². The maximum Gasteiger partial charge on any atom is 0.422 e. The van der Waals surface area contributed by atoms with Crippen molar-refractivity contribution in [3.05, 3.63) is 96.1 Å². The molecule has 1 amide bonds. The van der Waals surface area contributed by atoms with Crippen LogP contribution in [0.1, 0.15) is 15.9 Å². The maximum absolute atomic E-state index is 13.8. The van der Waals surface area contributed by atoms with E-state index >= 15 is 0 Å². The minimum absolute atomic E-state index is 0.121. The first kappa shape index (κ1) is 25.1. The van der Waals surface area contributed by atoms with Gasteiger partial charge >= 0.3 is 6.18 Å². The van der Waals surface area contributed by atoms with Gasteiger partial charge < -0.3 is 10.1 Å². The van der Waals surface area contributed by atoms with Crippen LogP contribution in [0.4, 0.5) is 17.6 Å². The summed E-state index contributed by atoms with van der Waals surface area (Å²) >= 11 is 0. The molecule has 0 spiro atoms. The van der Waals surface area contributed by atoms with E-state index in [1.54, 1.807) is 30.6 Å². The molecule has 11 heteroatoms. The second-order valence-corrected chi connectivity index (χ2v) is 9.71. The van der Waals surface area contributed by atoms with Gasteiger partial charge in [0.1, 0.15) is 0 Å².